The molecule has 9 heteroatoms. The number of hydrogen-bond donors (Lipinski definition) is 3. The predicted octanol–water partition coefficient (Wildman–Crippen LogP) is 4.20. The summed E-state index contributed by atoms with van der Waals surface area (Å²) in [5.41, 5.74) is 1.86. The Morgan fingerprint density at radius 1 is 1.19 bits per heavy atom. The number of amides is 1. The van der Waals surface area contributed by atoms with Gasteiger partial charge >= 0.3 is 5.97 Å². The summed E-state index contributed by atoms with van der Waals surface area (Å²) in [5, 5.41) is 14.4. The van der Waals surface area contributed by atoms with Crippen LogP contribution in [0.3, 0.4) is 0 Å². The predicted molar refractivity (Wildman–Crippen MR) is 109 cm³/mol. The molecule has 6 nitrogen and oxygen atoms in total. The highest BCUT2D eigenvalue weighted by Crippen LogP contribution is 2.30. The van der Waals surface area contributed by atoms with Crippen LogP contribution in [0.2, 0.25) is 10.0 Å². The molecule has 0 heterocycles. The van der Waals surface area contributed by atoms with Gasteiger partial charge in [-0.2, -0.15) is 0 Å². The van der Waals surface area contributed by atoms with Crippen LogP contribution in [0.25, 0.3) is 0 Å². The number of nitrogens with one attached hydrogen (secondary N) is 2. The van der Waals surface area contributed by atoms with Gasteiger partial charge in [-0.1, -0.05) is 40.9 Å². The first-order valence-corrected chi connectivity index (χ1v) is 8.87. The molecule has 0 atom stereocenters. The van der Waals surface area contributed by atoms with Gasteiger partial charge in [0.05, 0.1) is 16.3 Å². The van der Waals surface area contributed by atoms with E-state index in [1.54, 1.807) is 6.07 Å². The van der Waals surface area contributed by atoms with Gasteiger partial charge in [-0.05, 0) is 49.8 Å². The lowest BCUT2D eigenvalue weighted by Gasteiger charge is -2.14. The van der Waals surface area contributed by atoms with Crippen molar-refractivity contribution < 1.29 is 19.4 Å². The summed E-state index contributed by atoms with van der Waals surface area (Å²) >= 11 is 16.9. The number of halogens is 2. The Labute approximate surface area is 171 Å². The average molecular weight is 427 g/mol. The third kappa shape index (κ3) is 5.82. The molecule has 0 unspecified atom stereocenters. The van der Waals surface area contributed by atoms with Crippen LogP contribution >= 0.6 is 35.4 Å². The molecule has 142 valence electrons. The fraction of sp³-hybridized carbons (Fsp3) is 0.167. The van der Waals surface area contributed by atoms with Crippen LogP contribution in [-0.4, -0.2) is 28.7 Å². The second-order valence-electron chi connectivity index (χ2n) is 5.68. The van der Waals surface area contributed by atoms with Crippen molar-refractivity contribution in [3.8, 4) is 5.75 Å². The Kier molecular flexibility index (Phi) is 7.01. The number of benzene rings is 2. The van der Waals surface area contributed by atoms with Gasteiger partial charge in [0.25, 0.3) is 5.91 Å². The first-order chi connectivity index (χ1) is 12.7. The van der Waals surface area contributed by atoms with Crippen LogP contribution in [0.1, 0.15) is 21.5 Å². The molecular formula is C18H16Cl2N2O4S. The smallest absolute Gasteiger partial charge is 0.337 e. The number of aryl methyl sites for hydroxylation is 2. The lowest BCUT2D eigenvalue weighted by atomic mass is 10.1. The SMILES string of the molecule is Cc1ccc(OCC(=O)NC(=S)Nc2c(Cl)cc(Cl)cc2C(=O)O)c(C)c1. The number of carbonyl (C=O) groups excluding carboxylic acids is 1. The molecule has 0 aromatic heterocycles. The molecule has 0 aliphatic carbocycles. The molecule has 0 saturated carbocycles. The van der Waals surface area contributed by atoms with E-state index < -0.39 is 11.9 Å². The monoisotopic (exact) mass is 426 g/mol. The third-order valence-electron chi connectivity index (χ3n) is 3.47. The summed E-state index contributed by atoms with van der Waals surface area (Å²) in [7, 11) is 0. The third-order valence-corrected chi connectivity index (χ3v) is 4.19. The van der Waals surface area contributed by atoms with Crippen LogP contribution in [0.15, 0.2) is 30.3 Å². The number of anilines is 1. The summed E-state index contributed by atoms with van der Waals surface area (Å²) in [6.45, 7) is 3.58. The molecule has 3 N–H and O–H groups in total. The number of carboxylic acids is 1. The van der Waals surface area contributed by atoms with E-state index in [-0.39, 0.29) is 33.0 Å². The van der Waals surface area contributed by atoms with Gasteiger partial charge in [-0.3, -0.25) is 10.1 Å². The highest BCUT2D eigenvalue weighted by atomic mass is 35.5. The lowest BCUT2D eigenvalue weighted by molar-refractivity contribution is -0.121. The first-order valence-electron chi connectivity index (χ1n) is 7.70. The van der Waals surface area contributed by atoms with Crippen molar-refractivity contribution in [1.29, 1.82) is 0 Å². The van der Waals surface area contributed by atoms with Gasteiger partial charge in [0.15, 0.2) is 11.7 Å². The number of ether oxygens (including phenoxy) is 1. The fourth-order valence-electron chi connectivity index (χ4n) is 2.28. The minimum atomic E-state index is -1.24. The van der Waals surface area contributed by atoms with E-state index >= 15 is 0 Å². The normalized spacial score (nSPS) is 10.2. The van der Waals surface area contributed by atoms with E-state index in [1.165, 1.54) is 12.1 Å². The van der Waals surface area contributed by atoms with E-state index in [2.05, 4.69) is 10.6 Å². The molecule has 2 aromatic carbocycles. The van der Waals surface area contributed by atoms with E-state index in [1.807, 2.05) is 26.0 Å². The zero-order chi connectivity index (χ0) is 20.1. The van der Waals surface area contributed by atoms with Gasteiger partial charge in [-0.25, -0.2) is 4.79 Å². The standard InChI is InChI=1S/C18H16Cl2N2O4S/c1-9-3-4-14(10(2)5-9)26-8-15(23)21-18(27)22-16-12(17(24)25)6-11(19)7-13(16)20/h3-7H,8H2,1-2H3,(H,24,25)(H2,21,22,23,27). The van der Waals surface area contributed by atoms with Crippen LogP contribution < -0.4 is 15.4 Å². The van der Waals surface area contributed by atoms with Crippen molar-refractivity contribution in [2.75, 3.05) is 11.9 Å². The van der Waals surface area contributed by atoms with Crippen molar-refractivity contribution in [1.82, 2.24) is 5.32 Å². The number of thiocarbonyl (C=S) groups is 1. The van der Waals surface area contributed by atoms with Crippen molar-refractivity contribution in [3.05, 3.63) is 57.1 Å². The van der Waals surface area contributed by atoms with Crippen LogP contribution in [-0.2, 0) is 4.79 Å². The summed E-state index contributed by atoms with van der Waals surface area (Å²) in [6.07, 6.45) is 0. The Balaban J connectivity index is 1.99. The fourth-order valence-corrected chi connectivity index (χ4v) is 3.04. The molecule has 0 fully saturated rings. The van der Waals surface area contributed by atoms with Crippen LogP contribution in [0.4, 0.5) is 5.69 Å². The maximum atomic E-state index is 12.0. The quantitative estimate of drug-likeness (QED) is 0.620. The molecular weight excluding hydrogens is 411 g/mol. The Hall–Kier alpha value is -2.35. The number of carbonyl (C=O) groups is 2. The molecule has 27 heavy (non-hydrogen) atoms. The summed E-state index contributed by atoms with van der Waals surface area (Å²) < 4.78 is 5.47. The summed E-state index contributed by atoms with van der Waals surface area (Å²) in [6, 6.07) is 8.19. The van der Waals surface area contributed by atoms with Crippen LogP contribution in [0.5, 0.6) is 5.75 Å². The maximum absolute atomic E-state index is 12.0. The van der Waals surface area contributed by atoms with Crippen molar-refractivity contribution in [2.24, 2.45) is 0 Å². The molecule has 0 aliphatic rings. The molecule has 2 aromatic rings. The zero-order valence-corrected chi connectivity index (χ0v) is 16.8. The molecule has 1 amide bonds. The molecule has 0 bridgehead atoms. The zero-order valence-electron chi connectivity index (χ0n) is 14.4. The van der Waals surface area contributed by atoms with Crippen molar-refractivity contribution in [3.63, 3.8) is 0 Å². The molecule has 0 radical (unpaired) electrons. The Morgan fingerprint density at radius 2 is 1.89 bits per heavy atom. The highest BCUT2D eigenvalue weighted by Gasteiger charge is 2.17. The summed E-state index contributed by atoms with van der Waals surface area (Å²) in [5.74, 6) is -1.16. The number of aromatic carboxylic acids is 1. The largest absolute Gasteiger partial charge is 0.483 e. The van der Waals surface area contributed by atoms with Gasteiger partial charge in [0, 0.05) is 5.02 Å². The van der Waals surface area contributed by atoms with Gasteiger partial charge < -0.3 is 15.2 Å². The average Bonchev–Trinajstić information content (AvgIpc) is 2.56. The summed E-state index contributed by atoms with van der Waals surface area (Å²) in [4.78, 5) is 23.4. The second kappa shape index (κ2) is 9.03. The Morgan fingerprint density at radius 3 is 2.52 bits per heavy atom. The molecule has 0 saturated heterocycles. The van der Waals surface area contributed by atoms with Gasteiger partial charge in [0.1, 0.15) is 5.75 Å². The Bertz CT molecular complexity index is 918. The minimum absolute atomic E-state index is 0.0363. The number of carboxylic acid groups (broad SMARTS) is 1. The van der Waals surface area contributed by atoms with Crippen LogP contribution in [0, 0.1) is 13.8 Å². The van der Waals surface area contributed by atoms with Gasteiger partial charge in [-0.15, -0.1) is 0 Å². The number of rotatable bonds is 5. The lowest BCUT2D eigenvalue weighted by Crippen LogP contribution is -2.37. The van der Waals surface area contributed by atoms with Crippen molar-refractivity contribution >= 4 is 58.1 Å². The van der Waals surface area contributed by atoms with E-state index in [0.717, 1.165) is 11.1 Å². The minimum Gasteiger partial charge on any atom is -0.483 e. The van der Waals surface area contributed by atoms with Gasteiger partial charge in [0.2, 0.25) is 0 Å². The first kappa shape index (κ1) is 21.0. The maximum Gasteiger partial charge on any atom is 0.337 e. The topological polar surface area (TPSA) is 87.7 Å². The highest BCUT2D eigenvalue weighted by molar-refractivity contribution is 7.80. The second-order valence-corrected chi connectivity index (χ2v) is 6.93. The number of hydrogen-bond acceptors (Lipinski definition) is 4. The van der Waals surface area contributed by atoms with E-state index in [0.29, 0.717) is 5.75 Å². The molecule has 2 rings (SSSR count). The van der Waals surface area contributed by atoms with E-state index in [9.17, 15) is 14.7 Å². The molecule has 0 spiro atoms. The van der Waals surface area contributed by atoms with E-state index in [4.69, 9.17) is 40.2 Å². The van der Waals surface area contributed by atoms with Crippen molar-refractivity contribution in [2.45, 2.75) is 13.8 Å². The molecule has 0 aliphatic heterocycles.